The zero-order chi connectivity index (χ0) is 9.26. The predicted octanol–water partition coefficient (Wildman–Crippen LogP) is 1.66. The zero-order valence-electron chi connectivity index (χ0n) is 8.75. The molecule has 3 unspecified atom stereocenters. The lowest BCUT2D eigenvalue weighted by molar-refractivity contribution is 0.0198. The van der Waals surface area contributed by atoms with E-state index >= 15 is 0 Å². The monoisotopic (exact) mass is 183 g/mol. The summed E-state index contributed by atoms with van der Waals surface area (Å²) in [6, 6.07) is 0. The molecule has 3 atom stereocenters. The third-order valence-electron chi connectivity index (χ3n) is 3.71. The van der Waals surface area contributed by atoms with Crippen molar-refractivity contribution in [3.63, 3.8) is 0 Å². The average Bonchev–Trinajstić information content (AvgIpc) is 2.86. The molecular weight excluding hydrogens is 162 g/mol. The highest BCUT2D eigenvalue weighted by Gasteiger charge is 2.43. The van der Waals surface area contributed by atoms with Gasteiger partial charge in [0.1, 0.15) is 0 Å². The van der Waals surface area contributed by atoms with Crippen LogP contribution in [-0.4, -0.2) is 26.3 Å². The maximum absolute atomic E-state index is 5.66. The van der Waals surface area contributed by atoms with E-state index in [1.165, 1.54) is 32.4 Å². The molecule has 2 rings (SSSR count). The number of hydrogen-bond acceptors (Lipinski definition) is 2. The molecule has 1 aliphatic carbocycles. The summed E-state index contributed by atoms with van der Waals surface area (Å²) >= 11 is 0. The molecule has 0 bridgehead atoms. The highest BCUT2D eigenvalue weighted by molar-refractivity contribution is 4.93. The first kappa shape index (κ1) is 9.47. The van der Waals surface area contributed by atoms with Crippen LogP contribution in [0.1, 0.15) is 26.2 Å². The number of piperidine rings is 1. The van der Waals surface area contributed by atoms with Gasteiger partial charge in [-0.25, -0.2) is 0 Å². The first-order chi connectivity index (χ1) is 6.33. The van der Waals surface area contributed by atoms with Crippen LogP contribution in [0.4, 0.5) is 0 Å². The lowest BCUT2D eigenvalue weighted by Gasteiger charge is -2.30. The van der Waals surface area contributed by atoms with Gasteiger partial charge in [0.25, 0.3) is 0 Å². The zero-order valence-corrected chi connectivity index (χ0v) is 8.75. The van der Waals surface area contributed by atoms with Gasteiger partial charge >= 0.3 is 0 Å². The van der Waals surface area contributed by atoms with E-state index in [0.717, 1.165) is 17.8 Å². The minimum Gasteiger partial charge on any atom is -0.381 e. The Labute approximate surface area is 81.0 Å². The standard InChI is InChI=1S/C11H21NO/c1-8-7-10(8)11(13-2)9-3-5-12-6-4-9/h8-12H,3-7H2,1-2H3. The van der Waals surface area contributed by atoms with E-state index < -0.39 is 0 Å². The molecule has 0 amide bonds. The quantitative estimate of drug-likeness (QED) is 0.718. The smallest absolute Gasteiger partial charge is 0.0631 e. The number of hydrogen-bond donors (Lipinski definition) is 1. The van der Waals surface area contributed by atoms with E-state index in [4.69, 9.17) is 4.74 Å². The van der Waals surface area contributed by atoms with Crippen LogP contribution < -0.4 is 5.32 Å². The van der Waals surface area contributed by atoms with Crippen LogP contribution in [-0.2, 0) is 4.74 Å². The molecular formula is C11H21NO. The molecule has 1 saturated heterocycles. The normalized spacial score (nSPS) is 37.4. The Balaban J connectivity index is 1.87. The number of methoxy groups -OCH3 is 1. The molecule has 1 saturated carbocycles. The van der Waals surface area contributed by atoms with Gasteiger partial charge in [-0.2, -0.15) is 0 Å². The minimum absolute atomic E-state index is 0.553. The highest BCUT2D eigenvalue weighted by atomic mass is 16.5. The molecule has 0 radical (unpaired) electrons. The summed E-state index contributed by atoms with van der Waals surface area (Å²) in [6.45, 7) is 4.72. The predicted molar refractivity (Wildman–Crippen MR) is 53.7 cm³/mol. The Morgan fingerprint density at radius 2 is 1.92 bits per heavy atom. The van der Waals surface area contributed by atoms with Crippen molar-refractivity contribution in [3.05, 3.63) is 0 Å². The Kier molecular flexibility index (Phi) is 2.89. The van der Waals surface area contributed by atoms with Crippen molar-refractivity contribution in [2.75, 3.05) is 20.2 Å². The second-order valence-electron chi connectivity index (χ2n) is 4.66. The summed E-state index contributed by atoms with van der Waals surface area (Å²) in [5, 5.41) is 3.41. The van der Waals surface area contributed by atoms with Gasteiger partial charge in [-0.05, 0) is 50.1 Å². The molecule has 2 aliphatic rings. The lowest BCUT2D eigenvalue weighted by Crippen LogP contribution is -2.36. The summed E-state index contributed by atoms with van der Waals surface area (Å²) in [5.74, 6) is 2.61. The van der Waals surface area contributed by atoms with E-state index in [1.807, 2.05) is 7.11 Å². The van der Waals surface area contributed by atoms with Crippen LogP contribution in [0.25, 0.3) is 0 Å². The van der Waals surface area contributed by atoms with Gasteiger partial charge in [0.2, 0.25) is 0 Å². The molecule has 0 aromatic rings. The van der Waals surface area contributed by atoms with Gasteiger partial charge in [-0.3, -0.25) is 0 Å². The van der Waals surface area contributed by atoms with E-state index in [-0.39, 0.29) is 0 Å². The molecule has 1 aliphatic heterocycles. The van der Waals surface area contributed by atoms with Crippen LogP contribution in [0.15, 0.2) is 0 Å². The average molecular weight is 183 g/mol. The summed E-state index contributed by atoms with van der Waals surface area (Å²) < 4.78 is 5.66. The van der Waals surface area contributed by atoms with Gasteiger partial charge in [0, 0.05) is 7.11 Å². The maximum Gasteiger partial charge on any atom is 0.0631 e. The fraction of sp³-hybridized carbons (Fsp3) is 1.00. The van der Waals surface area contributed by atoms with Gasteiger partial charge < -0.3 is 10.1 Å². The maximum atomic E-state index is 5.66. The molecule has 0 aromatic heterocycles. The molecule has 76 valence electrons. The summed E-state index contributed by atoms with van der Waals surface area (Å²) in [7, 11) is 1.89. The van der Waals surface area contributed by atoms with Crippen molar-refractivity contribution in [3.8, 4) is 0 Å². The molecule has 0 aromatic carbocycles. The second-order valence-corrected chi connectivity index (χ2v) is 4.66. The first-order valence-electron chi connectivity index (χ1n) is 5.56. The molecule has 2 nitrogen and oxygen atoms in total. The molecule has 1 heterocycles. The van der Waals surface area contributed by atoms with Gasteiger partial charge in [-0.1, -0.05) is 6.92 Å². The topological polar surface area (TPSA) is 21.3 Å². The third-order valence-corrected chi connectivity index (χ3v) is 3.71. The summed E-state index contributed by atoms with van der Waals surface area (Å²) in [4.78, 5) is 0. The highest BCUT2D eigenvalue weighted by Crippen LogP contribution is 2.45. The van der Waals surface area contributed by atoms with Gasteiger partial charge in [0.05, 0.1) is 6.10 Å². The Morgan fingerprint density at radius 1 is 1.31 bits per heavy atom. The Bertz CT molecular complexity index is 165. The van der Waals surface area contributed by atoms with Crippen LogP contribution in [0, 0.1) is 17.8 Å². The van der Waals surface area contributed by atoms with Gasteiger partial charge in [0.15, 0.2) is 0 Å². The van der Waals surface area contributed by atoms with Gasteiger partial charge in [-0.15, -0.1) is 0 Å². The largest absolute Gasteiger partial charge is 0.381 e. The Morgan fingerprint density at radius 3 is 2.38 bits per heavy atom. The summed E-state index contributed by atoms with van der Waals surface area (Å²) in [5.41, 5.74) is 0. The van der Waals surface area contributed by atoms with Crippen LogP contribution in [0.3, 0.4) is 0 Å². The third kappa shape index (κ3) is 2.05. The number of rotatable bonds is 3. The molecule has 1 N–H and O–H groups in total. The van der Waals surface area contributed by atoms with Crippen molar-refractivity contribution in [1.82, 2.24) is 5.32 Å². The lowest BCUT2D eigenvalue weighted by atomic mass is 9.89. The van der Waals surface area contributed by atoms with E-state index in [9.17, 15) is 0 Å². The Hall–Kier alpha value is -0.0800. The SMILES string of the molecule is COC(C1CCNCC1)C1CC1C. The van der Waals surface area contributed by atoms with Crippen LogP contribution >= 0.6 is 0 Å². The summed E-state index contributed by atoms with van der Waals surface area (Å²) in [6.07, 6.45) is 4.56. The van der Waals surface area contributed by atoms with E-state index in [2.05, 4.69) is 12.2 Å². The number of nitrogens with one attached hydrogen (secondary N) is 1. The van der Waals surface area contributed by atoms with Crippen molar-refractivity contribution in [1.29, 1.82) is 0 Å². The van der Waals surface area contributed by atoms with E-state index in [1.54, 1.807) is 0 Å². The molecule has 13 heavy (non-hydrogen) atoms. The fourth-order valence-electron chi connectivity index (χ4n) is 2.70. The van der Waals surface area contributed by atoms with Crippen molar-refractivity contribution in [2.45, 2.75) is 32.3 Å². The van der Waals surface area contributed by atoms with E-state index in [0.29, 0.717) is 6.10 Å². The first-order valence-corrected chi connectivity index (χ1v) is 5.56. The van der Waals surface area contributed by atoms with Crippen molar-refractivity contribution in [2.24, 2.45) is 17.8 Å². The molecule has 0 spiro atoms. The molecule has 2 heteroatoms. The van der Waals surface area contributed by atoms with Crippen LogP contribution in [0.2, 0.25) is 0 Å². The number of ether oxygens (including phenoxy) is 1. The van der Waals surface area contributed by atoms with Crippen molar-refractivity contribution >= 4 is 0 Å². The second kappa shape index (κ2) is 3.97. The van der Waals surface area contributed by atoms with Crippen molar-refractivity contribution < 1.29 is 4.74 Å². The van der Waals surface area contributed by atoms with Crippen LogP contribution in [0.5, 0.6) is 0 Å². The fourth-order valence-corrected chi connectivity index (χ4v) is 2.70. The minimum atomic E-state index is 0.553. The molecule has 2 fully saturated rings.